The smallest absolute Gasteiger partial charge is 0.246 e. The molecule has 2 aromatic carbocycles. The lowest BCUT2D eigenvalue weighted by Crippen LogP contribution is -2.24. The van der Waals surface area contributed by atoms with Crippen molar-refractivity contribution in [3.63, 3.8) is 0 Å². The molecular weight excluding hydrogens is 398 g/mol. The number of hydrogen-bond donors (Lipinski definition) is 0. The van der Waals surface area contributed by atoms with Crippen LogP contribution >= 0.6 is 15.9 Å². The summed E-state index contributed by atoms with van der Waals surface area (Å²) in [5.74, 6) is 1.50. The summed E-state index contributed by atoms with van der Waals surface area (Å²) in [6.07, 6.45) is 3.25. The highest BCUT2D eigenvalue weighted by Gasteiger charge is 2.13. The van der Waals surface area contributed by atoms with E-state index in [1.807, 2.05) is 24.3 Å². The van der Waals surface area contributed by atoms with Crippen molar-refractivity contribution in [1.29, 1.82) is 0 Å². The Morgan fingerprint density at radius 3 is 2.23 bits per heavy atom. The molecule has 2 rings (SSSR count). The number of methoxy groups -OCH3 is 3. The number of likely N-dealkylation sites (N-methyl/N-ethyl adjacent to an activating group) is 1. The van der Waals surface area contributed by atoms with E-state index < -0.39 is 0 Å². The van der Waals surface area contributed by atoms with E-state index in [1.165, 1.54) is 6.08 Å². The van der Waals surface area contributed by atoms with E-state index in [0.717, 1.165) is 15.6 Å². The fourth-order valence-corrected chi connectivity index (χ4v) is 2.86. The van der Waals surface area contributed by atoms with Crippen LogP contribution in [0.25, 0.3) is 6.08 Å². The maximum Gasteiger partial charge on any atom is 0.246 e. The van der Waals surface area contributed by atoms with Crippen LogP contribution in [0.1, 0.15) is 11.1 Å². The highest BCUT2D eigenvalue weighted by atomic mass is 79.9. The number of carbonyl (C=O) groups is 1. The first-order valence-electron chi connectivity index (χ1n) is 7.96. The number of rotatable bonds is 7. The van der Waals surface area contributed by atoms with Crippen LogP contribution in [0.3, 0.4) is 0 Å². The average Bonchev–Trinajstić information content (AvgIpc) is 2.66. The highest BCUT2D eigenvalue weighted by Crippen LogP contribution is 2.38. The average molecular weight is 420 g/mol. The Labute approximate surface area is 162 Å². The molecule has 0 saturated heterocycles. The van der Waals surface area contributed by atoms with Crippen LogP contribution in [-0.4, -0.2) is 39.2 Å². The van der Waals surface area contributed by atoms with E-state index in [0.29, 0.717) is 23.8 Å². The third-order valence-electron chi connectivity index (χ3n) is 3.85. The second-order valence-electron chi connectivity index (χ2n) is 5.58. The molecule has 0 spiro atoms. The van der Waals surface area contributed by atoms with Crippen molar-refractivity contribution in [2.24, 2.45) is 0 Å². The van der Waals surface area contributed by atoms with Crippen LogP contribution < -0.4 is 14.2 Å². The molecule has 0 atom stereocenters. The summed E-state index contributed by atoms with van der Waals surface area (Å²) in [4.78, 5) is 14.0. The number of ether oxygens (including phenoxy) is 3. The number of amides is 1. The molecule has 6 heteroatoms. The van der Waals surface area contributed by atoms with Crippen molar-refractivity contribution in [3.05, 3.63) is 58.1 Å². The van der Waals surface area contributed by atoms with Gasteiger partial charge in [0.15, 0.2) is 11.5 Å². The van der Waals surface area contributed by atoms with Gasteiger partial charge in [-0.15, -0.1) is 0 Å². The zero-order valence-corrected chi connectivity index (χ0v) is 16.9. The van der Waals surface area contributed by atoms with Gasteiger partial charge in [0.25, 0.3) is 0 Å². The van der Waals surface area contributed by atoms with Gasteiger partial charge >= 0.3 is 0 Å². The Morgan fingerprint density at radius 1 is 1.08 bits per heavy atom. The number of carbonyl (C=O) groups excluding carboxylic acids is 1. The van der Waals surface area contributed by atoms with E-state index in [1.54, 1.807) is 51.5 Å². The molecule has 0 unspecified atom stereocenters. The van der Waals surface area contributed by atoms with E-state index in [9.17, 15) is 4.79 Å². The van der Waals surface area contributed by atoms with Gasteiger partial charge in [-0.25, -0.2) is 0 Å². The molecule has 0 aliphatic carbocycles. The summed E-state index contributed by atoms with van der Waals surface area (Å²) in [6.45, 7) is 0.514. The van der Waals surface area contributed by atoms with Gasteiger partial charge in [-0.2, -0.15) is 0 Å². The van der Waals surface area contributed by atoms with E-state index in [4.69, 9.17) is 14.2 Å². The van der Waals surface area contributed by atoms with Crippen LogP contribution in [-0.2, 0) is 11.3 Å². The molecule has 0 saturated carbocycles. The van der Waals surface area contributed by atoms with Crippen molar-refractivity contribution in [2.45, 2.75) is 6.54 Å². The van der Waals surface area contributed by atoms with E-state index in [-0.39, 0.29) is 5.91 Å². The fraction of sp³-hybridized carbons (Fsp3) is 0.250. The number of nitrogens with zero attached hydrogens (tertiary/aromatic N) is 1. The molecule has 1 amide bonds. The Morgan fingerprint density at radius 2 is 1.69 bits per heavy atom. The van der Waals surface area contributed by atoms with Gasteiger partial charge in [0.1, 0.15) is 0 Å². The molecule has 0 bridgehead atoms. The van der Waals surface area contributed by atoms with Gasteiger partial charge in [0.2, 0.25) is 11.7 Å². The molecule has 138 valence electrons. The lowest BCUT2D eigenvalue weighted by molar-refractivity contribution is -0.125. The first kappa shape index (κ1) is 19.8. The summed E-state index contributed by atoms with van der Waals surface area (Å²) in [6, 6.07) is 11.4. The minimum absolute atomic E-state index is 0.102. The van der Waals surface area contributed by atoms with E-state index >= 15 is 0 Å². The van der Waals surface area contributed by atoms with Crippen LogP contribution in [0.4, 0.5) is 0 Å². The van der Waals surface area contributed by atoms with Crippen molar-refractivity contribution in [2.75, 3.05) is 28.4 Å². The SMILES string of the molecule is COc1cc(/C=C/C(=O)N(C)Cc2ccccc2Br)cc(OC)c1OC. The summed E-state index contributed by atoms with van der Waals surface area (Å²) in [5, 5.41) is 0. The maximum absolute atomic E-state index is 12.4. The zero-order valence-electron chi connectivity index (χ0n) is 15.3. The van der Waals surface area contributed by atoms with Crippen molar-refractivity contribution >= 4 is 27.9 Å². The third-order valence-corrected chi connectivity index (χ3v) is 4.62. The minimum Gasteiger partial charge on any atom is -0.493 e. The predicted octanol–water partition coefficient (Wildman–Crippen LogP) is 4.15. The standard InChI is InChI=1S/C20H22BrNO4/c1-22(13-15-7-5-6-8-16(15)21)19(23)10-9-14-11-17(24-2)20(26-4)18(12-14)25-3/h5-12H,13H2,1-4H3/b10-9+. The quantitative estimate of drug-likeness (QED) is 0.632. The van der Waals surface area contributed by atoms with Crippen molar-refractivity contribution < 1.29 is 19.0 Å². The van der Waals surface area contributed by atoms with Gasteiger partial charge < -0.3 is 19.1 Å². The summed E-state index contributed by atoms with van der Waals surface area (Å²) in [5.41, 5.74) is 1.83. The minimum atomic E-state index is -0.102. The molecule has 0 fully saturated rings. The molecule has 5 nitrogen and oxygen atoms in total. The molecule has 0 N–H and O–H groups in total. The molecule has 0 aliphatic rings. The Hall–Kier alpha value is -2.47. The van der Waals surface area contributed by atoms with Gasteiger partial charge in [0.05, 0.1) is 21.3 Å². The monoisotopic (exact) mass is 419 g/mol. The number of hydrogen-bond acceptors (Lipinski definition) is 4. The van der Waals surface area contributed by atoms with E-state index in [2.05, 4.69) is 15.9 Å². The van der Waals surface area contributed by atoms with Gasteiger partial charge in [-0.1, -0.05) is 34.1 Å². The lowest BCUT2D eigenvalue weighted by atomic mass is 10.1. The van der Waals surface area contributed by atoms with Gasteiger partial charge in [-0.05, 0) is 35.4 Å². The number of benzene rings is 2. The second-order valence-corrected chi connectivity index (χ2v) is 6.43. The Balaban J connectivity index is 2.15. The largest absolute Gasteiger partial charge is 0.493 e. The van der Waals surface area contributed by atoms with Crippen LogP contribution in [0.2, 0.25) is 0 Å². The molecule has 26 heavy (non-hydrogen) atoms. The van der Waals surface area contributed by atoms with Crippen LogP contribution in [0.15, 0.2) is 46.9 Å². The van der Waals surface area contributed by atoms with Crippen LogP contribution in [0.5, 0.6) is 17.2 Å². The zero-order chi connectivity index (χ0) is 19.1. The first-order valence-corrected chi connectivity index (χ1v) is 8.76. The molecule has 0 aromatic heterocycles. The maximum atomic E-state index is 12.4. The summed E-state index contributed by atoms with van der Waals surface area (Å²) in [7, 11) is 6.43. The topological polar surface area (TPSA) is 48.0 Å². The van der Waals surface area contributed by atoms with Crippen LogP contribution in [0, 0.1) is 0 Å². The predicted molar refractivity (Wildman–Crippen MR) is 106 cm³/mol. The van der Waals surface area contributed by atoms with Gasteiger partial charge in [-0.3, -0.25) is 4.79 Å². The van der Waals surface area contributed by atoms with Gasteiger partial charge in [0, 0.05) is 24.1 Å². The molecule has 0 radical (unpaired) electrons. The third kappa shape index (κ3) is 4.79. The normalized spacial score (nSPS) is 10.7. The Kier molecular flexibility index (Phi) is 7.09. The summed E-state index contributed by atoms with van der Waals surface area (Å²) < 4.78 is 16.9. The highest BCUT2D eigenvalue weighted by molar-refractivity contribution is 9.10. The lowest BCUT2D eigenvalue weighted by Gasteiger charge is -2.16. The summed E-state index contributed by atoms with van der Waals surface area (Å²) >= 11 is 3.50. The molecule has 0 heterocycles. The second kappa shape index (κ2) is 9.29. The molecular formula is C20H22BrNO4. The van der Waals surface area contributed by atoms with Crippen molar-refractivity contribution in [3.8, 4) is 17.2 Å². The fourth-order valence-electron chi connectivity index (χ4n) is 2.45. The number of halogens is 1. The molecule has 2 aromatic rings. The van der Waals surface area contributed by atoms with Crippen molar-refractivity contribution in [1.82, 2.24) is 4.90 Å². The molecule has 0 aliphatic heterocycles. The Bertz CT molecular complexity index is 779. The first-order chi connectivity index (χ1) is 12.5.